The Morgan fingerprint density at radius 1 is 0.541 bits per heavy atom. The van der Waals surface area contributed by atoms with Crippen molar-refractivity contribution < 1.29 is 10.4 Å². The minimum Gasteiger partial charge on any atom is -0.411 e. The first-order valence-corrected chi connectivity index (χ1v) is 12.1. The summed E-state index contributed by atoms with van der Waals surface area (Å²) in [6.45, 7) is 0. The molecule has 0 fully saturated rings. The van der Waals surface area contributed by atoms with Crippen LogP contribution in [0.15, 0.2) is 144 Å². The molecule has 4 nitrogen and oxygen atoms in total. The second-order valence-electron chi connectivity index (χ2n) is 9.05. The monoisotopic (exact) mass is 480 g/mol. The Balaban J connectivity index is 1.70. The first-order chi connectivity index (χ1) is 18.3. The van der Waals surface area contributed by atoms with E-state index in [0.29, 0.717) is 11.4 Å². The summed E-state index contributed by atoms with van der Waals surface area (Å²) in [5.74, 6) is 0. The van der Waals surface area contributed by atoms with Gasteiger partial charge in [0.15, 0.2) is 0 Å². The van der Waals surface area contributed by atoms with Crippen molar-refractivity contribution in [3.63, 3.8) is 0 Å². The third kappa shape index (κ3) is 3.46. The summed E-state index contributed by atoms with van der Waals surface area (Å²) < 4.78 is 0. The van der Waals surface area contributed by atoms with Crippen molar-refractivity contribution in [3.05, 3.63) is 156 Å². The van der Waals surface area contributed by atoms with Gasteiger partial charge >= 0.3 is 0 Å². The van der Waals surface area contributed by atoms with E-state index in [-0.39, 0.29) is 0 Å². The third-order valence-corrected chi connectivity index (χ3v) is 7.15. The highest BCUT2D eigenvalue weighted by Gasteiger charge is 2.56. The smallest absolute Gasteiger partial charge is 0.113 e. The van der Waals surface area contributed by atoms with Gasteiger partial charge in [-0.05, 0) is 45.5 Å². The van der Waals surface area contributed by atoms with Crippen LogP contribution in [0, 0.1) is 0 Å². The van der Waals surface area contributed by atoms with Gasteiger partial charge in [0.25, 0.3) is 0 Å². The van der Waals surface area contributed by atoms with Crippen LogP contribution in [0.4, 0.5) is 0 Å². The van der Waals surface area contributed by atoms with Gasteiger partial charge in [-0.25, -0.2) is 0 Å². The number of hydrogen-bond acceptors (Lipinski definition) is 4. The quantitative estimate of drug-likeness (QED) is 0.157. The molecule has 6 rings (SSSR count). The molecule has 0 bridgehead atoms. The van der Waals surface area contributed by atoms with Crippen LogP contribution >= 0.6 is 0 Å². The minimum atomic E-state index is -1.06. The Kier molecular flexibility index (Phi) is 5.62. The average molecular weight is 481 g/mol. The number of hydrogen-bond donors (Lipinski definition) is 2. The maximum absolute atomic E-state index is 10.5. The maximum Gasteiger partial charge on any atom is 0.113 e. The summed E-state index contributed by atoms with van der Waals surface area (Å²) in [6.07, 6.45) is 0. The molecule has 0 amide bonds. The van der Waals surface area contributed by atoms with E-state index in [2.05, 4.69) is 46.7 Å². The SMILES string of the molecule is O/N=C(\c1ccccc1)C1(c2ccccc2)/C(=N/O)c2cc(-c3ccccc3)c(-c3ccccc3)cc21. The molecule has 1 aliphatic carbocycles. The van der Waals surface area contributed by atoms with Gasteiger partial charge in [0.1, 0.15) is 16.8 Å². The van der Waals surface area contributed by atoms with Crippen molar-refractivity contribution in [2.75, 3.05) is 0 Å². The Hall–Kier alpha value is -4.96. The van der Waals surface area contributed by atoms with E-state index in [9.17, 15) is 10.4 Å². The van der Waals surface area contributed by atoms with Crippen molar-refractivity contribution in [2.45, 2.75) is 5.41 Å². The Morgan fingerprint density at radius 2 is 1.03 bits per heavy atom. The van der Waals surface area contributed by atoms with E-state index in [1.165, 1.54) is 0 Å². The number of oxime groups is 2. The highest BCUT2D eigenvalue weighted by molar-refractivity contribution is 6.36. The van der Waals surface area contributed by atoms with Gasteiger partial charge in [0, 0.05) is 11.1 Å². The summed E-state index contributed by atoms with van der Waals surface area (Å²) in [6, 6.07) is 44.0. The number of benzene rings is 5. The van der Waals surface area contributed by atoms with Crippen LogP contribution in [-0.4, -0.2) is 21.8 Å². The largest absolute Gasteiger partial charge is 0.411 e. The Morgan fingerprint density at radius 3 is 1.54 bits per heavy atom. The van der Waals surface area contributed by atoms with E-state index in [4.69, 9.17) is 0 Å². The van der Waals surface area contributed by atoms with Gasteiger partial charge in [0.2, 0.25) is 0 Å². The van der Waals surface area contributed by atoms with E-state index in [1.807, 2.05) is 97.1 Å². The molecule has 5 aromatic rings. The van der Waals surface area contributed by atoms with Gasteiger partial charge in [-0.1, -0.05) is 132 Å². The van der Waals surface area contributed by atoms with Crippen LogP contribution in [0.1, 0.15) is 22.3 Å². The lowest BCUT2D eigenvalue weighted by Gasteiger charge is -2.46. The molecule has 2 N–H and O–H groups in total. The van der Waals surface area contributed by atoms with E-state index in [1.54, 1.807) is 0 Å². The van der Waals surface area contributed by atoms with Crippen molar-refractivity contribution >= 4 is 11.4 Å². The van der Waals surface area contributed by atoms with Crippen molar-refractivity contribution in [1.82, 2.24) is 0 Å². The summed E-state index contributed by atoms with van der Waals surface area (Å²) >= 11 is 0. The lowest BCUT2D eigenvalue weighted by molar-refractivity contribution is 0.310. The van der Waals surface area contributed by atoms with Crippen molar-refractivity contribution in [1.29, 1.82) is 0 Å². The zero-order valence-electron chi connectivity index (χ0n) is 20.0. The average Bonchev–Trinajstić information content (AvgIpc) is 2.97. The van der Waals surface area contributed by atoms with Gasteiger partial charge in [-0.15, -0.1) is 0 Å². The second-order valence-corrected chi connectivity index (χ2v) is 9.05. The molecule has 1 aliphatic rings. The van der Waals surface area contributed by atoms with Crippen LogP contribution in [0.5, 0.6) is 0 Å². The molecule has 37 heavy (non-hydrogen) atoms. The molecular weight excluding hydrogens is 456 g/mol. The number of rotatable bonds is 5. The summed E-state index contributed by atoms with van der Waals surface area (Å²) in [5, 5.41) is 28.5. The number of nitrogens with zero attached hydrogens (tertiary/aromatic N) is 2. The van der Waals surface area contributed by atoms with Gasteiger partial charge in [0.05, 0.1) is 0 Å². The lowest BCUT2D eigenvalue weighted by Crippen LogP contribution is -2.54. The third-order valence-electron chi connectivity index (χ3n) is 7.15. The molecule has 0 spiro atoms. The molecule has 1 atom stereocenters. The van der Waals surface area contributed by atoms with Crippen molar-refractivity contribution in [2.24, 2.45) is 10.3 Å². The predicted octanol–water partition coefficient (Wildman–Crippen LogP) is 7.38. The van der Waals surface area contributed by atoms with Gasteiger partial charge in [-0.3, -0.25) is 0 Å². The van der Waals surface area contributed by atoms with Crippen LogP contribution in [-0.2, 0) is 5.41 Å². The molecule has 0 saturated carbocycles. The molecule has 0 radical (unpaired) electrons. The zero-order valence-corrected chi connectivity index (χ0v) is 20.0. The summed E-state index contributed by atoms with van der Waals surface area (Å²) in [5.41, 5.74) is 7.37. The summed E-state index contributed by atoms with van der Waals surface area (Å²) in [4.78, 5) is 0. The van der Waals surface area contributed by atoms with Crippen molar-refractivity contribution in [3.8, 4) is 22.3 Å². The van der Waals surface area contributed by atoms with E-state index in [0.717, 1.165) is 44.5 Å². The summed E-state index contributed by atoms with van der Waals surface area (Å²) in [7, 11) is 0. The fourth-order valence-electron chi connectivity index (χ4n) is 5.52. The number of fused-ring (bicyclic) bond motifs is 1. The molecule has 0 heterocycles. The molecule has 4 heteroatoms. The Bertz CT molecular complexity index is 1610. The molecule has 0 aliphatic heterocycles. The normalized spacial score (nSPS) is 17.7. The molecule has 1 unspecified atom stereocenters. The van der Waals surface area contributed by atoms with Gasteiger partial charge < -0.3 is 10.4 Å². The Labute approximate surface area is 215 Å². The molecule has 5 aromatic carbocycles. The first kappa shape index (κ1) is 22.5. The van der Waals surface area contributed by atoms with Crippen LogP contribution < -0.4 is 0 Å². The molecule has 178 valence electrons. The van der Waals surface area contributed by atoms with Gasteiger partial charge in [-0.2, -0.15) is 0 Å². The molecular formula is C33H24N2O2. The fourth-order valence-corrected chi connectivity index (χ4v) is 5.52. The topological polar surface area (TPSA) is 65.2 Å². The van der Waals surface area contributed by atoms with Crippen LogP contribution in [0.3, 0.4) is 0 Å². The predicted molar refractivity (Wildman–Crippen MR) is 148 cm³/mol. The molecule has 0 saturated heterocycles. The van der Waals surface area contributed by atoms with Crippen LogP contribution in [0.25, 0.3) is 22.3 Å². The maximum atomic E-state index is 10.5. The standard InChI is InChI=1S/C33H24N2O2/c36-34-31(25-17-9-3-10-18-25)33(26-19-11-4-12-20-26)30-22-28(24-15-7-2-8-16-24)27(21-29(30)32(33)35-37)23-13-5-1-6-14-23/h1-22,36-37H/b34-31+,35-32+. The fraction of sp³-hybridized carbons (Fsp3) is 0.0303. The van der Waals surface area contributed by atoms with Crippen LogP contribution in [0.2, 0.25) is 0 Å². The lowest BCUT2D eigenvalue weighted by atomic mass is 9.54. The van der Waals surface area contributed by atoms with E-state index < -0.39 is 5.41 Å². The highest BCUT2D eigenvalue weighted by atomic mass is 16.4. The highest BCUT2D eigenvalue weighted by Crippen LogP contribution is 2.52. The van der Waals surface area contributed by atoms with E-state index >= 15 is 0 Å². The zero-order chi connectivity index (χ0) is 25.2. The minimum absolute atomic E-state index is 0.408. The second kappa shape index (κ2) is 9.25. The first-order valence-electron chi connectivity index (χ1n) is 12.1. The molecule has 0 aromatic heterocycles.